The Morgan fingerprint density at radius 1 is 0.400 bits per heavy atom. The van der Waals surface area contributed by atoms with Gasteiger partial charge in [0.05, 0.1) is 16.7 Å². The van der Waals surface area contributed by atoms with Gasteiger partial charge in [0.1, 0.15) is 0 Å². The molecule has 0 aliphatic heterocycles. The van der Waals surface area contributed by atoms with Crippen LogP contribution in [0.25, 0.3) is 81.0 Å². The van der Waals surface area contributed by atoms with Crippen molar-refractivity contribution in [1.82, 2.24) is 4.57 Å². The van der Waals surface area contributed by atoms with Crippen LogP contribution in [0.4, 0.5) is 17.1 Å². The molecule has 0 spiro atoms. The molecule has 0 saturated carbocycles. The summed E-state index contributed by atoms with van der Waals surface area (Å²) in [6.45, 7) is 4.72. The van der Waals surface area contributed by atoms with E-state index in [1.165, 1.54) is 92.2 Å². The van der Waals surface area contributed by atoms with Gasteiger partial charge in [0, 0.05) is 59.0 Å². The summed E-state index contributed by atoms with van der Waals surface area (Å²) in [4.78, 5) is 2.46. The third-order valence-electron chi connectivity index (χ3n) is 12.8. The lowest BCUT2D eigenvalue weighted by atomic mass is 9.82. The molecule has 0 unspecified atom stereocenters. The SMILES string of the molecule is CC1(C)c2ccccc2-c2ccc(N(c3ccc(-c4ccccc4)cc3)c3ccccc3-c3ccc4c(c3)c3ccccc3n4-c3ccc4c(c3)sc3ccccc34)cc21. The van der Waals surface area contributed by atoms with Crippen LogP contribution in [0.5, 0.6) is 0 Å². The maximum Gasteiger partial charge on any atom is 0.0541 e. The van der Waals surface area contributed by atoms with E-state index in [1.54, 1.807) is 0 Å². The molecule has 2 nitrogen and oxygen atoms in total. The first-order chi connectivity index (χ1) is 29.5. The molecule has 2 aromatic heterocycles. The number of thiophene rings is 1. The summed E-state index contributed by atoms with van der Waals surface area (Å²) >= 11 is 1.87. The van der Waals surface area contributed by atoms with Crippen molar-refractivity contribution in [2.75, 3.05) is 4.90 Å². The fraction of sp³-hybridized carbons (Fsp3) is 0.0526. The van der Waals surface area contributed by atoms with Gasteiger partial charge < -0.3 is 9.47 Å². The normalized spacial score (nSPS) is 13.0. The number of nitrogens with zero attached hydrogens (tertiary/aromatic N) is 2. The van der Waals surface area contributed by atoms with Gasteiger partial charge in [-0.05, 0) is 106 Å². The molecule has 0 N–H and O–H groups in total. The lowest BCUT2D eigenvalue weighted by Gasteiger charge is -2.30. The molecule has 9 aromatic carbocycles. The number of anilines is 3. The highest BCUT2D eigenvalue weighted by molar-refractivity contribution is 7.25. The van der Waals surface area contributed by atoms with Crippen molar-refractivity contribution in [1.29, 1.82) is 0 Å². The number of aromatic nitrogens is 1. The Kier molecular flexibility index (Phi) is 7.79. The second-order valence-electron chi connectivity index (χ2n) is 16.5. The molecule has 0 radical (unpaired) electrons. The van der Waals surface area contributed by atoms with Crippen LogP contribution in [0.15, 0.2) is 206 Å². The van der Waals surface area contributed by atoms with Gasteiger partial charge in [-0.3, -0.25) is 0 Å². The highest BCUT2D eigenvalue weighted by Crippen LogP contribution is 2.51. The molecular formula is C57H40N2S. The minimum Gasteiger partial charge on any atom is -0.310 e. The maximum absolute atomic E-state index is 2.46. The Morgan fingerprint density at radius 2 is 1.03 bits per heavy atom. The minimum absolute atomic E-state index is 0.120. The fourth-order valence-electron chi connectivity index (χ4n) is 9.88. The number of fused-ring (bicyclic) bond motifs is 9. The Balaban J connectivity index is 1.03. The topological polar surface area (TPSA) is 8.17 Å². The van der Waals surface area contributed by atoms with Crippen LogP contribution in [0.2, 0.25) is 0 Å². The van der Waals surface area contributed by atoms with Crippen LogP contribution in [0, 0.1) is 0 Å². The van der Waals surface area contributed by atoms with Gasteiger partial charge >= 0.3 is 0 Å². The van der Waals surface area contributed by atoms with E-state index >= 15 is 0 Å². The lowest BCUT2D eigenvalue weighted by Crippen LogP contribution is -2.16. The average Bonchev–Trinajstić information content (AvgIpc) is 3.92. The summed E-state index contributed by atoms with van der Waals surface area (Å²) in [5, 5.41) is 5.13. The van der Waals surface area contributed by atoms with Gasteiger partial charge in [0.15, 0.2) is 0 Å². The first kappa shape index (κ1) is 34.8. The maximum atomic E-state index is 2.46. The van der Waals surface area contributed by atoms with Crippen molar-refractivity contribution in [3.05, 3.63) is 217 Å². The predicted molar refractivity (Wildman–Crippen MR) is 257 cm³/mol. The van der Waals surface area contributed by atoms with E-state index in [9.17, 15) is 0 Å². The van der Waals surface area contributed by atoms with Crippen LogP contribution < -0.4 is 4.90 Å². The molecule has 12 rings (SSSR count). The highest BCUT2D eigenvalue weighted by atomic mass is 32.1. The highest BCUT2D eigenvalue weighted by Gasteiger charge is 2.36. The Hall–Kier alpha value is -7.20. The molecule has 0 atom stereocenters. The van der Waals surface area contributed by atoms with E-state index in [0.717, 1.165) is 17.1 Å². The first-order valence-electron chi connectivity index (χ1n) is 20.8. The van der Waals surface area contributed by atoms with Crippen molar-refractivity contribution in [3.8, 4) is 39.1 Å². The van der Waals surface area contributed by atoms with Crippen LogP contribution in [-0.2, 0) is 5.41 Å². The predicted octanol–water partition coefficient (Wildman–Crippen LogP) is 16.3. The molecule has 284 valence electrons. The molecule has 2 heterocycles. The van der Waals surface area contributed by atoms with Crippen LogP contribution >= 0.6 is 11.3 Å². The Morgan fingerprint density at radius 3 is 1.90 bits per heavy atom. The van der Waals surface area contributed by atoms with Crippen LogP contribution in [-0.4, -0.2) is 4.57 Å². The third-order valence-corrected chi connectivity index (χ3v) is 13.9. The summed E-state index contributed by atoms with van der Waals surface area (Å²) in [6.07, 6.45) is 0. The number of hydrogen-bond acceptors (Lipinski definition) is 2. The van der Waals surface area contributed by atoms with Crippen molar-refractivity contribution in [2.24, 2.45) is 0 Å². The Bertz CT molecular complexity index is 3460. The molecule has 11 aromatic rings. The molecule has 0 bridgehead atoms. The average molecular weight is 785 g/mol. The number of rotatable bonds is 6. The first-order valence-corrected chi connectivity index (χ1v) is 21.6. The number of hydrogen-bond donors (Lipinski definition) is 0. The van der Waals surface area contributed by atoms with Gasteiger partial charge in [0.25, 0.3) is 0 Å². The molecule has 0 saturated heterocycles. The second-order valence-corrected chi connectivity index (χ2v) is 17.6. The van der Waals surface area contributed by atoms with Gasteiger partial charge in [-0.1, -0.05) is 153 Å². The van der Waals surface area contributed by atoms with Gasteiger partial charge in [0.2, 0.25) is 0 Å². The minimum atomic E-state index is -0.120. The van der Waals surface area contributed by atoms with Crippen molar-refractivity contribution < 1.29 is 0 Å². The summed E-state index contributed by atoms with van der Waals surface area (Å²) in [6, 6.07) is 76.1. The van der Waals surface area contributed by atoms with Gasteiger partial charge in [-0.25, -0.2) is 0 Å². The van der Waals surface area contributed by atoms with E-state index in [2.05, 4.69) is 230 Å². The zero-order valence-corrected chi connectivity index (χ0v) is 34.2. The monoisotopic (exact) mass is 784 g/mol. The largest absolute Gasteiger partial charge is 0.310 e. The van der Waals surface area contributed by atoms with Gasteiger partial charge in [-0.2, -0.15) is 0 Å². The standard InChI is InChI=1S/C57H40N2S/c1-57(2)50-20-10-6-17-44(50)45-31-29-41(35-51(45)57)58(40-27-24-38(25-28-40)37-14-4-3-5-15-37)52-21-11-7-16-43(52)39-26-33-54-49(34-39)46-18-8-12-22-53(46)59(54)42-30-32-48-47-19-9-13-23-55(47)60-56(48)36-42/h3-36H,1-2H3. The van der Waals surface area contributed by atoms with Crippen molar-refractivity contribution in [3.63, 3.8) is 0 Å². The number of benzene rings is 9. The zero-order chi connectivity index (χ0) is 40.0. The van der Waals surface area contributed by atoms with Crippen LogP contribution in [0.1, 0.15) is 25.0 Å². The van der Waals surface area contributed by atoms with E-state index in [1.807, 2.05) is 11.3 Å². The van der Waals surface area contributed by atoms with E-state index in [-0.39, 0.29) is 5.41 Å². The molecule has 1 aliphatic carbocycles. The molecule has 0 amide bonds. The molecule has 1 aliphatic rings. The van der Waals surface area contributed by atoms with Gasteiger partial charge in [-0.15, -0.1) is 11.3 Å². The number of para-hydroxylation sites is 2. The molecule has 60 heavy (non-hydrogen) atoms. The summed E-state index contributed by atoms with van der Waals surface area (Å²) in [5.74, 6) is 0. The van der Waals surface area contributed by atoms with Crippen LogP contribution in [0.3, 0.4) is 0 Å². The fourth-order valence-corrected chi connectivity index (χ4v) is 11.0. The summed E-state index contributed by atoms with van der Waals surface area (Å²) < 4.78 is 5.07. The van der Waals surface area contributed by atoms with E-state index < -0.39 is 0 Å². The lowest BCUT2D eigenvalue weighted by molar-refractivity contribution is 0.660. The van der Waals surface area contributed by atoms with E-state index in [4.69, 9.17) is 0 Å². The molecule has 3 heteroatoms. The Labute approximate surface area is 353 Å². The quantitative estimate of drug-likeness (QED) is 0.163. The van der Waals surface area contributed by atoms with Crippen molar-refractivity contribution >= 4 is 70.4 Å². The van der Waals surface area contributed by atoms with Crippen molar-refractivity contribution in [2.45, 2.75) is 19.3 Å². The second kappa shape index (κ2) is 13.4. The zero-order valence-electron chi connectivity index (χ0n) is 33.4. The third kappa shape index (κ3) is 5.33. The molecule has 0 fully saturated rings. The smallest absolute Gasteiger partial charge is 0.0541 e. The molecular weight excluding hydrogens is 745 g/mol. The summed E-state index contributed by atoms with van der Waals surface area (Å²) in [5.41, 5.74) is 17.0. The van der Waals surface area contributed by atoms with E-state index in [0.29, 0.717) is 0 Å². The summed E-state index contributed by atoms with van der Waals surface area (Å²) in [7, 11) is 0.